The highest BCUT2D eigenvalue weighted by Crippen LogP contribution is 2.39. The average molecular weight is 525 g/mol. The van der Waals surface area contributed by atoms with E-state index >= 15 is 0 Å². The van der Waals surface area contributed by atoms with Gasteiger partial charge in [0.15, 0.2) is 6.04 Å². The summed E-state index contributed by atoms with van der Waals surface area (Å²) in [5.74, 6) is -1.74. The second kappa shape index (κ2) is 11.5. The molecule has 194 valence electrons. The van der Waals surface area contributed by atoms with Gasteiger partial charge in [0.25, 0.3) is 10.0 Å². The van der Waals surface area contributed by atoms with E-state index in [0.29, 0.717) is 16.0 Å². The lowest BCUT2D eigenvalue weighted by atomic mass is 9.98. The minimum atomic E-state index is -4.87. The molecule has 0 aliphatic rings. The molecule has 0 radical (unpaired) electrons. The molecule has 0 aromatic heterocycles. The number of hydrogen-bond donors (Lipinski definition) is 2. The molecule has 2 amide bonds. The highest BCUT2D eigenvalue weighted by atomic mass is 32.2. The first-order valence-electron chi connectivity index (χ1n) is 10.9. The summed E-state index contributed by atoms with van der Waals surface area (Å²) < 4.78 is 68.3. The van der Waals surface area contributed by atoms with Crippen molar-refractivity contribution in [1.29, 1.82) is 5.26 Å². The number of nitrogens with zero attached hydrogens (tertiary/aromatic N) is 2. The summed E-state index contributed by atoms with van der Waals surface area (Å²) in [7, 11) is -4.03. The second-order valence-corrected chi connectivity index (χ2v) is 10.3. The number of alkyl halides is 3. The summed E-state index contributed by atoms with van der Waals surface area (Å²) in [6.07, 6.45) is -4.71. The number of amides is 2. The third kappa shape index (κ3) is 7.29. The van der Waals surface area contributed by atoms with Crippen molar-refractivity contribution in [2.45, 2.75) is 50.3 Å². The molecule has 2 aromatic carbocycles. The molecule has 0 aliphatic carbocycles. The van der Waals surface area contributed by atoms with Crippen molar-refractivity contribution in [2.75, 3.05) is 6.54 Å². The van der Waals surface area contributed by atoms with E-state index in [-0.39, 0.29) is 22.8 Å². The highest BCUT2D eigenvalue weighted by Gasteiger charge is 2.47. The van der Waals surface area contributed by atoms with Crippen LogP contribution in [-0.4, -0.2) is 43.9 Å². The van der Waals surface area contributed by atoms with Gasteiger partial charge in [-0.25, -0.2) is 13.1 Å². The lowest BCUT2D eigenvalue weighted by Gasteiger charge is -2.33. The maximum absolute atomic E-state index is 14.1. The molecule has 3 N–H and O–H groups in total. The SMILES string of the molecule is CC(=O)NS(=O)(=O)c1ccc(-c2ccc([C@H](N(CC#N)C(=O)[C@@H](N)CC(C)C)C(F)(F)F)cc2)cc1. The number of nitrogens with one attached hydrogen (secondary N) is 1. The number of hydrogen-bond acceptors (Lipinski definition) is 6. The summed E-state index contributed by atoms with van der Waals surface area (Å²) in [6, 6.07) is 8.66. The third-order valence-electron chi connectivity index (χ3n) is 5.19. The van der Waals surface area contributed by atoms with Crippen molar-refractivity contribution in [3.63, 3.8) is 0 Å². The molecule has 0 spiro atoms. The van der Waals surface area contributed by atoms with Crippen LogP contribution in [0.5, 0.6) is 0 Å². The van der Waals surface area contributed by atoms with E-state index in [1.807, 2.05) is 4.72 Å². The fourth-order valence-electron chi connectivity index (χ4n) is 3.67. The predicted molar refractivity (Wildman–Crippen MR) is 126 cm³/mol. The van der Waals surface area contributed by atoms with Gasteiger partial charge in [-0.1, -0.05) is 50.2 Å². The molecule has 0 saturated heterocycles. The van der Waals surface area contributed by atoms with Gasteiger partial charge in [0.2, 0.25) is 11.8 Å². The Balaban J connectivity index is 2.39. The normalized spacial score (nSPS) is 13.5. The van der Waals surface area contributed by atoms with Crippen molar-refractivity contribution >= 4 is 21.8 Å². The molecule has 2 atom stereocenters. The van der Waals surface area contributed by atoms with Gasteiger partial charge in [-0.2, -0.15) is 18.4 Å². The molecule has 0 fully saturated rings. The molecule has 8 nitrogen and oxygen atoms in total. The van der Waals surface area contributed by atoms with Gasteiger partial charge in [0.1, 0.15) is 6.54 Å². The zero-order chi connectivity index (χ0) is 27.3. The van der Waals surface area contributed by atoms with Crippen LogP contribution in [0.1, 0.15) is 38.8 Å². The Morgan fingerprint density at radius 3 is 1.97 bits per heavy atom. The van der Waals surface area contributed by atoms with Gasteiger partial charge in [0, 0.05) is 6.92 Å². The quantitative estimate of drug-likeness (QED) is 0.483. The number of carbonyl (C=O) groups excluding carboxylic acids is 2. The number of carbonyl (C=O) groups is 2. The van der Waals surface area contributed by atoms with E-state index in [1.165, 1.54) is 48.5 Å². The Bertz CT molecular complexity index is 1220. The summed E-state index contributed by atoms with van der Waals surface area (Å²) >= 11 is 0. The number of rotatable bonds is 9. The molecular formula is C24H27F3N4O4S. The van der Waals surface area contributed by atoms with Gasteiger partial charge >= 0.3 is 6.18 Å². The number of nitrogens with two attached hydrogens (primary N) is 1. The van der Waals surface area contributed by atoms with Crippen LogP contribution in [0.4, 0.5) is 13.2 Å². The van der Waals surface area contributed by atoms with Crippen LogP contribution in [0.25, 0.3) is 11.1 Å². The van der Waals surface area contributed by atoms with E-state index < -0.39 is 46.6 Å². The fourth-order valence-corrected chi connectivity index (χ4v) is 4.66. The topological polar surface area (TPSA) is 133 Å². The van der Waals surface area contributed by atoms with E-state index in [2.05, 4.69) is 0 Å². The van der Waals surface area contributed by atoms with Crippen LogP contribution >= 0.6 is 0 Å². The van der Waals surface area contributed by atoms with Gasteiger partial charge in [0.05, 0.1) is 17.0 Å². The first-order chi connectivity index (χ1) is 16.7. The Morgan fingerprint density at radius 1 is 1.06 bits per heavy atom. The second-order valence-electron chi connectivity index (χ2n) is 8.61. The van der Waals surface area contributed by atoms with Gasteiger partial charge in [-0.3, -0.25) is 9.59 Å². The van der Waals surface area contributed by atoms with Crippen molar-refractivity contribution in [2.24, 2.45) is 11.7 Å². The van der Waals surface area contributed by atoms with Crippen LogP contribution < -0.4 is 10.5 Å². The highest BCUT2D eigenvalue weighted by molar-refractivity contribution is 7.90. The van der Waals surface area contributed by atoms with Crippen LogP contribution in [-0.2, 0) is 19.6 Å². The Morgan fingerprint density at radius 2 is 1.56 bits per heavy atom. The minimum Gasteiger partial charge on any atom is -0.320 e. The summed E-state index contributed by atoms with van der Waals surface area (Å²) in [6.45, 7) is 3.83. The van der Waals surface area contributed by atoms with Crippen molar-refractivity contribution in [3.05, 3.63) is 54.1 Å². The van der Waals surface area contributed by atoms with Crippen molar-refractivity contribution in [1.82, 2.24) is 9.62 Å². The Kier molecular flexibility index (Phi) is 9.23. The number of nitriles is 1. The smallest absolute Gasteiger partial charge is 0.320 e. The van der Waals surface area contributed by atoms with E-state index in [0.717, 1.165) is 6.92 Å². The van der Waals surface area contributed by atoms with Gasteiger partial charge in [-0.05, 0) is 41.2 Å². The summed E-state index contributed by atoms with van der Waals surface area (Å²) in [5.41, 5.74) is 6.58. The predicted octanol–water partition coefficient (Wildman–Crippen LogP) is 3.51. The Hall–Kier alpha value is -3.43. The molecule has 36 heavy (non-hydrogen) atoms. The number of halogens is 3. The fraction of sp³-hybridized carbons (Fsp3) is 0.375. The number of sulfonamides is 1. The first-order valence-corrected chi connectivity index (χ1v) is 12.4. The molecular weight excluding hydrogens is 497 g/mol. The zero-order valence-electron chi connectivity index (χ0n) is 19.9. The van der Waals surface area contributed by atoms with E-state index in [4.69, 9.17) is 11.0 Å². The molecule has 0 bridgehead atoms. The molecule has 0 heterocycles. The third-order valence-corrected chi connectivity index (χ3v) is 6.64. The maximum atomic E-state index is 14.1. The van der Waals surface area contributed by atoms with E-state index in [1.54, 1.807) is 19.9 Å². The van der Waals surface area contributed by atoms with E-state index in [9.17, 15) is 31.2 Å². The molecule has 2 aromatic rings. The molecule has 12 heteroatoms. The van der Waals surface area contributed by atoms with Crippen LogP contribution in [0.3, 0.4) is 0 Å². The first kappa shape index (κ1) is 28.8. The molecule has 2 rings (SSSR count). The van der Waals surface area contributed by atoms with Crippen LogP contribution in [0.15, 0.2) is 53.4 Å². The Labute approximate surface area is 207 Å². The van der Waals surface area contributed by atoms with Gasteiger partial charge < -0.3 is 10.6 Å². The molecule has 0 unspecified atom stereocenters. The van der Waals surface area contributed by atoms with Crippen LogP contribution in [0, 0.1) is 17.2 Å². The standard InChI is InChI=1S/C24H27F3N4O4S/c1-15(2)14-21(29)23(33)31(13-12-28)22(24(25,26)27)19-6-4-17(5-7-19)18-8-10-20(11-9-18)36(34,35)30-16(3)32/h4-11,15,21-22H,13-14,29H2,1-3H3,(H,30,32)/t21-,22-/m0/s1. The van der Waals surface area contributed by atoms with Crippen molar-refractivity contribution < 1.29 is 31.2 Å². The summed E-state index contributed by atoms with van der Waals surface area (Å²) in [4.78, 5) is 24.1. The summed E-state index contributed by atoms with van der Waals surface area (Å²) in [5, 5.41) is 9.11. The van der Waals surface area contributed by atoms with Crippen LogP contribution in [0.2, 0.25) is 0 Å². The molecule has 0 aliphatic heterocycles. The molecule has 0 saturated carbocycles. The zero-order valence-corrected chi connectivity index (χ0v) is 20.7. The number of benzene rings is 2. The lowest BCUT2D eigenvalue weighted by Crippen LogP contribution is -2.49. The minimum absolute atomic E-state index is 0.0314. The monoisotopic (exact) mass is 524 g/mol. The average Bonchev–Trinajstić information content (AvgIpc) is 2.76. The lowest BCUT2D eigenvalue weighted by molar-refractivity contribution is -0.191. The largest absolute Gasteiger partial charge is 0.413 e. The van der Waals surface area contributed by atoms with Crippen molar-refractivity contribution in [3.8, 4) is 17.2 Å². The maximum Gasteiger partial charge on any atom is 0.413 e. The van der Waals surface area contributed by atoms with Gasteiger partial charge in [-0.15, -0.1) is 0 Å².